The molecule has 18 heavy (non-hydrogen) atoms. The summed E-state index contributed by atoms with van der Waals surface area (Å²) in [4.78, 5) is 22.8. The Hall–Kier alpha value is -1.26. The van der Waals surface area contributed by atoms with E-state index >= 15 is 0 Å². The number of hydrogen-bond acceptors (Lipinski definition) is 3. The van der Waals surface area contributed by atoms with Gasteiger partial charge in [0.05, 0.1) is 5.92 Å². The first-order chi connectivity index (χ1) is 8.29. The molecule has 0 bridgehead atoms. The first-order valence-corrected chi connectivity index (χ1v) is 6.52. The number of alkyl carbamates (subject to hydrolysis) is 1. The summed E-state index contributed by atoms with van der Waals surface area (Å²) in [5.74, 6) is -0.613. The number of nitrogens with one attached hydrogen (secondary N) is 1. The molecule has 2 aliphatic rings. The highest BCUT2D eigenvalue weighted by molar-refractivity contribution is 5.73. The van der Waals surface area contributed by atoms with Crippen molar-refractivity contribution in [1.29, 1.82) is 0 Å². The minimum absolute atomic E-state index is 0.0107. The smallest absolute Gasteiger partial charge is 0.407 e. The van der Waals surface area contributed by atoms with Gasteiger partial charge in [-0.1, -0.05) is 6.42 Å². The van der Waals surface area contributed by atoms with E-state index in [2.05, 4.69) is 5.32 Å². The van der Waals surface area contributed by atoms with Gasteiger partial charge in [0, 0.05) is 6.04 Å². The van der Waals surface area contributed by atoms with Crippen LogP contribution in [0, 0.1) is 17.8 Å². The van der Waals surface area contributed by atoms with Crippen molar-refractivity contribution in [2.24, 2.45) is 17.8 Å². The van der Waals surface area contributed by atoms with E-state index in [1.54, 1.807) is 0 Å². The fraction of sp³-hybridized carbons (Fsp3) is 0.846. The van der Waals surface area contributed by atoms with Gasteiger partial charge in [-0.3, -0.25) is 4.79 Å². The molecule has 1 amide bonds. The Bertz CT molecular complexity index is 360. The number of carbonyl (C=O) groups excluding carboxylic acids is 1. The average Bonchev–Trinajstić information content (AvgIpc) is 2.88. The van der Waals surface area contributed by atoms with Crippen LogP contribution in [0.5, 0.6) is 0 Å². The number of carbonyl (C=O) groups is 2. The van der Waals surface area contributed by atoms with Crippen molar-refractivity contribution >= 4 is 12.1 Å². The third-order valence-corrected chi connectivity index (χ3v) is 3.75. The van der Waals surface area contributed by atoms with Gasteiger partial charge in [0.25, 0.3) is 0 Å². The molecule has 2 saturated carbocycles. The number of carboxylic acids is 1. The van der Waals surface area contributed by atoms with Crippen LogP contribution in [0.3, 0.4) is 0 Å². The monoisotopic (exact) mass is 255 g/mol. The molecular formula is C13H21NO4. The molecule has 2 aliphatic carbocycles. The van der Waals surface area contributed by atoms with Gasteiger partial charge in [-0.15, -0.1) is 0 Å². The number of ether oxygens (including phenoxy) is 1. The zero-order valence-corrected chi connectivity index (χ0v) is 11.1. The van der Waals surface area contributed by atoms with Gasteiger partial charge in [-0.2, -0.15) is 0 Å². The lowest BCUT2D eigenvalue weighted by atomic mass is 9.89. The Balaban J connectivity index is 1.89. The summed E-state index contributed by atoms with van der Waals surface area (Å²) in [5, 5.41) is 11.9. The predicted molar refractivity (Wildman–Crippen MR) is 65.1 cm³/mol. The molecule has 0 heterocycles. The lowest BCUT2D eigenvalue weighted by Gasteiger charge is -2.20. The summed E-state index contributed by atoms with van der Waals surface area (Å²) in [5.41, 5.74) is -0.518. The van der Waals surface area contributed by atoms with Gasteiger partial charge in [0.1, 0.15) is 5.60 Å². The zero-order valence-electron chi connectivity index (χ0n) is 11.1. The van der Waals surface area contributed by atoms with Crippen LogP contribution < -0.4 is 5.32 Å². The molecule has 0 aromatic heterocycles. The van der Waals surface area contributed by atoms with Crippen LogP contribution in [-0.2, 0) is 9.53 Å². The van der Waals surface area contributed by atoms with Gasteiger partial charge in [0.15, 0.2) is 0 Å². The van der Waals surface area contributed by atoms with Gasteiger partial charge < -0.3 is 15.2 Å². The highest BCUT2D eigenvalue weighted by atomic mass is 16.6. The SMILES string of the molecule is CC(C)(C)OC(=O)N[C@H]1[C@@H]2CCCC(C(=O)O)[C@@H]21. The highest BCUT2D eigenvalue weighted by Crippen LogP contribution is 2.53. The number of aliphatic carboxylic acids is 1. The topological polar surface area (TPSA) is 75.6 Å². The molecule has 0 aliphatic heterocycles. The van der Waals surface area contributed by atoms with Crippen molar-refractivity contribution in [3.63, 3.8) is 0 Å². The molecule has 2 fully saturated rings. The van der Waals surface area contributed by atoms with E-state index in [1.807, 2.05) is 20.8 Å². The summed E-state index contributed by atoms with van der Waals surface area (Å²) >= 11 is 0. The van der Waals surface area contributed by atoms with Crippen LogP contribution in [0.1, 0.15) is 40.0 Å². The first kappa shape index (κ1) is 13.2. The number of hydrogen-bond donors (Lipinski definition) is 2. The molecule has 1 unspecified atom stereocenters. The Morgan fingerprint density at radius 3 is 2.50 bits per heavy atom. The molecule has 2 rings (SSSR count). The largest absolute Gasteiger partial charge is 0.481 e. The molecule has 4 atom stereocenters. The number of rotatable bonds is 2. The molecule has 0 aromatic carbocycles. The van der Waals surface area contributed by atoms with Crippen LogP contribution in [0.4, 0.5) is 4.79 Å². The van der Waals surface area contributed by atoms with E-state index < -0.39 is 17.7 Å². The molecule has 0 saturated heterocycles. The molecule has 2 N–H and O–H groups in total. The molecule has 102 valence electrons. The van der Waals surface area contributed by atoms with Crippen LogP contribution >= 0.6 is 0 Å². The normalized spacial score (nSPS) is 34.4. The summed E-state index contributed by atoms with van der Waals surface area (Å²) < 4.78 is 5.19. The highest BCUT2D eigenvalue weighted by Gasteiger charge is 2.58. The lowest BCUT2D eigenvalue weighted by Crippen LogP contribution is -2.35. The second-order valence-corrected chi connectivity index (χ2v) is 6.29. The van der Waals surface area contributed by atoms with E-state index in [0.29, 0.717) is 5.92 Å². The summed E-state index contributed by atoms with van der Waals surface area (Å²) in [6, 6.07) is -0.0107. The van der Waals surface area contributed by atoms with E-state index in [1.165, 1.54) is 0 Å². The minimum Gasteiger partial charge on any atom is -0.481 e. The van der Waals surface area contributed by atoms with Crippen LogP contribution in [0.2, 0.25) is 0 Å². The second-order valence-electron chi connectivity index (χ2n) is 6.29. The standard InChI is InChI=1S/C13H21NO4/c1-13(2,3)18-12(17)14-10-7-5-4-6-8(9(7)10)11(15)16/h7-10H,4-6H2,1-3H3,(H,14,17)(H,15,16)/t7-,8?,9-,10+/m1/s1. The van der Waals surface area contributed by atoms with Crippen molar-refractivity contribution in [2.75, 3.05) is 0 Å². The maximum absolute atomic E-state index is 11.6. The Morgan fingerprint density at radius 1 is 1.28 bits per heavy atom. The molecule has 0 aromatic rings. The van der Waals surface area contributed by atoms with Gasteiger partial charge in [-0.05, 0) is 45.4 Å². The zero-order chi connectivity index (χ0) is 13.5. The van der Waals surface area contributed by atoms with Gasteiger partial charge in [0.2, 0.25) is 0 Å². The van der Waals surface area contributed by atoms with E-state index in [-0.39, 0.29) is 17.9 Å². The predicted octanol–water partition coefficient (Wildman–Crippen LogP) is 2.01. The van der Waals surface area contributed by atoms with Crippen molar-refractivity contribution in [3.05, 3.63) is 0 Å². The van der Waals surface area contributed by atoms with E-state index in [9.17, 15) is 9.59 Å². The average molecular weight is 255 g/mol. The molecule has 5 nitrogen and oxygen atoms in total. The van der Waals surface area contributed by atoms with E-state index in [0.717, 1.165) is 19.3 Å². The third kappa shape index (κ3) is 2.76. The van der Waals surface area contributed by atoms with E-state index in [4.69, 9.17) is 9.84 Å². The van der Waals surface area contributed by atoms with Crippen molar-refractivity contribution in [2.45, 2.75) is 51.7 Å². The quantitative estimate of drug-likeness (QED) is 0.791. The maximum Gasteiger partial charge on any atom is 0.407 e. The summed E-state index contributed by atoms with van der Waals surface area (Å²) in [6.07, 6.45) is 2.23. The maximum atomic E-state index is 11.6. The molecule has 0 spiro atoms. The molecular weight excluding hydrogens is 234 g/mol. The number of carboxylic acid groups (broad SMARTS) is 1. The second kappa shape index (κ2) is 4.44. The number of amides is 1. The molecule has 0 radical (unpaired) electrons. The Morgan fingerprint density at radius 2 is 1.94 bits per heavy atom. The summed E-state index contributed by atoms with van der Waals surface area (Å²) in [7, 11) is 0. The fourth-order valence-electron chi connectivity index (χ4n) is 3.02. The van der Waals surface area contributed by atoms with Gasteiger partial charge in [-0.25, -0.2) is 4.79 Å². The van der Waals surface area contributed by atoms with Crippen molar-refractivity contribution in [1.82, 2.24) is 5.32 Å². The van der Waals surface area contributed by atoms with Crippen LogP contribution in [-0.4, -0.2) is 28.8 Å². The van der Waals surface area contributed by atoms with Crippen LogP contribution in [0.15, 0.2) is 0 Å². The van der Waals surface area contributed by atoms with Crippen LogP contribution in [0.25, 0.3) is 0 Å². The minimum atomic E-state index is -0.738. The number of fused-ring (bicyclic) bond motifs is 1. The Kier molecular flexibility index (Phi) is 3.25. The first-order valence-electron chi connectivity index (χ1n) is 6.52. The molecule has 5 heteroatoms. The van der Waals surface area contributed by atoms with Crippen molar-refractivity contribution < 1.29 is 19.4 Å². The fourth-order valence-corrected chi connectivity index (χ4v) is 3.02. The van der Waals surface area contributed by atoms with Crippen molar-refractivity contribution in [3.8, 4) is 0 Å². The third-order valence-electron chi connectivity index (χ3n) is 3.75. The lowest BCUT2D eigenvalue weighted by molar-refractivity contribution is -0.143. The summed E-state index contributed by atoms with van der Waals surface area (Å²) in [6.45, 7) is 5.44. The van der Waals surface area contributed by atoms with Gasteiger partial charge >= 0.3 is 12.1 Å². The Labute approximate surface area is 107 Å².